The Morgan fingerprint density at radius 2 is 1.86 bits per heavy atom. The maximum atomic E-state index is 11.9. The third-order valence-corrected chi connectivity index (χ3v) is 1.95. The highest BCUT2D eigenvalue weighted by atomic mass is 19.1. The van der Waals surface area contributed by atoms with E-state index in [-0.39, 0.29) is 6.67 Å². The fourth-order valence-corrected chi connectivity index (χ4v) is 1.21. The van der Waals surface area contributed by atoms with Gasteiger partial charge in [0.25, 0.3) is 0 Å². The Hall–Kier alpha value is -1.47. The number of nitrogens with zero attached hydrogens (tertiary/aromatic N) is 1. The van der Waals surface area contributed by atoms with Gasteiger partial charge in [-0.25, -0.2) is 9.79 Å². The Morgan fingerprint density at radius 3 is 2.43 bits per heavy atom. The van der Waals surface area contributed by atoms with Crippen molar-refractivity contribution in [2.45, 2.75) is 19.4 Å². The van der Waals surface area contributed by atoms with E-state index in [1.807, 2.05) is 24.3 Å². The van der Waals surface area contributed by atoms with Crippen molar-refractivity contribution < 1.29 is 9.18 Å². The molecule has 0 atom stereocenters. The fraction of sp³-hybridized carbons (Fsp3) is 0.364. The quantitative estimate of drug-likeness (QED) is 0.521. The van der Waals surface area contributed by atoms with Crippen LogP contribution in [0.2, 0.25) is 0 Å². The van der Waals surface area contributed by atoms with Crippen molar-refractivity contribution in [2.75, 3.05) is 6.67 Å². The Labute approximate surface area is 82.5 Å². The molecule has 2 nitrogen and oxygen atoms in total. The topological polar surface area (TPSA) is 29.4 Å². The lowest BCUT2D eigenvalue weighted by Crippen LogP contribution is -1.88. The first-order valence-corrected chi connectivity index (χ1v) is 4.54. The number of hydrogen-bond acceptors (Lipinski definition) is 2. The molecule has 0 saturated carbocycles. The molecular weight excluding hydrogens is 181 g/mol. The molecule has 1 aromatic carbocycles. The minimum absolute atomic E-state index is 0.281. The zero-order valence-corrected chi connectivity index (χ0v) is 7.87. The van der Waals surface area contributed by atoms with Gasteiger partial charge in [0.2, 0.25) is 6.08 Å². The molecule has 3 heteroatoms. The number of halogens is 1. The molecule has 0 spiro atoms. The largest absolute Gasteiger partial charge is 0.251 e. The first kappa shape index (κ1) is 10.6. The Bertz CT molecular complexity index is 315. The molecule has 1 aromatic rings. The van der Waals surface area contributed by atoms with Gasteiger partial charge in [0.05, 0.1) is 13.2 Å². The molecule has 0 fully saturated rings. The van der Waals surface area contributed by atoms with Gasteiger partial charge in [0.1, 0.15) is 0 Å². The lowest BCUT2D eigenvalue weighted by Gasteiger charge is -2.00. The number of aryl methyl sites for hydroxylation is 1. The molecule has 14 heavy (non-hydrogen) atoms. The van der Waals surface area contributed by atoms with Crippen molar-refractivity contribution in [1.82, 2.24) is 0 Å². The van der Waals surface area contributed by atoms with Crippen LogP contribution in [0.3, 0.4) is 0 Å². The molecule has 0 aliphatic rings. The van der Waals surface area contributed by atoms with E-state index >= 15 is 0 Å². The zero-order chi connectivity index (χ0) is 10.2. The third kappa shape index (κ3) is 3.50. The van der Waals surface area contributed by atoms with Crippen LogP contribution in [0.1, 0.15) is 17.5 Å². The zero-order valence-electron chi connectivity index (χ0n) is 7.87. The minimum atomic E-state index is -0.281. The van der Waals surface area contributed by atoms with Gasteiger partial charge >= 0.3 is 0 Å². The summed E-state index contributed by atoms with van der Waals surface area (Å²) in [6.45, 7) is 0.0874. The lowest BCUT2D eigenvalue weighted by atomic mass is 10.1. The molecule has 0 heterocycles. The van der Waals surface area contributed by atoms with Crippen LogP contribution >= 0.6 is 0 Å². The Morgan fingerprint density at radius 1 is 1.21 bits per heavy atom. The molecule has 0 N–H and O–H groups in total. The van der Waals surface area contributed by atoms with Crippen molar-refractivity contribution in [1.29, 1.82) is 0 Å². The maximum absolute atomic E-state index is 11.9. The highest BCUT2D eigenvalue weighted by Crippen LogP contribution is 2.07. The second kappa shape index (κ2) is 6.06. The summed E-state index contributed by atoms with van der Waals surface area (Å²) in [5.74, 6) is 0. The number of aliphatic imine (C=N–C) groups is 1. The summed E-state index contributed by atoms with van der Waals surface area (Å²) in [5, 5.41) is 0. The van der Waals surface area contributed by atoms with Gasteiger partial charge in [0, 0.05) is 0 Å². The van der Waals surface area contributed by atoms with E-state index in [1.165, 1.54) is 6.08 Å². The monoisotopic (exact) mass is 193 g/mol. The average molecular weight is 193 g/mol. The first-order valence-electron chi connectivity index (χ1n) is 4.54. The van der Waals surface area contributed by atoms with E-state index < -0.39 is 0 Å². The summed E-state index contributed by atoms with van der Waals surface area (Å²) in [6, 6.07) is 7.67. The average Bonchev–Trinajstić information content (AvgIpc) is 2.25. The molecular formula is C11H12FNO. The molecule has 74 valence electrons. The molecule has 0 aliphatic carbocycles. The van der Waals surface area contributed by atoms with Gasteiger partial charge in [-0.15, -0.1) is 0 Å². The van der Waals surface area contributed by atoms with Crippen molar-refractivity contribution in [3.05, 3.63) is 35.4 Å². The molecule has 0 amide bonds. The summed E-state index contributed by atoms with van der Waals surface area (Å²) < 4.78 is 11.9. The SMILES string of the molecule is O=C=NCc1ccc(CCCF)cc1. The van der Waals surface area contributed by atoms with Crippen LogP contribution in [0.15, 0.2) is 29.3 Å². The van der Waals surface area contributed by atoms with Crippen LogP contribution in [0.5, 0.6) is 0 Å². The lowest BCUT2D eigenvalue weighted by molar-refractivity contribution is 0.473. The third-order valence-electron chi connectivity index (χ3n) is 1.95. The molecule has 0 saturated heterocycles. The van der Waals surface area contributed by atoms with E-state index in [9.17, 15) is 9.18 Å². The normalized spacial score (nSPS) is 9.50. The van der Waals surface area contributed by atoms with Crippen LogP contribution in [-0.2, 0) is 17.8 Å². The molecule has 0 radical (unpaired) electrons. The number of hydrogen-bond donors (Lipinski definition) is 0. The summed E-state index contributed by atoms with van der Waals surface area (Å²) in [5.41, 5.74) is 2.08. The van der Waals surface area contributed by atoms with Crippen molar-refractivity contribution >= 4 is 6.08 Å². The molecule has 1 rings (SSSR count). The number of benzene rings is 1. The van der Waals surface area contributed by atoms with Crippen molar-refractivity contribution in [3.8, 4) is 0 Å². The second-order valence-electron chi connectivity index (χ2n) is 3.02. The predicted molar refractivity (Wildman–Crippen MR) is 52.6 cm³/mol. The van der Waals surface area contributed by atoms with Gasteiger partial charge in [-0.1, -0.05) is 24.3 Å². The number of isocyanates is 1. The van der Waals surface area contributed by atoms with Crippen LogP contribution in [0.25, 0.3) is 0 Å². The maximum Gasteiger partial charge on any atom is 0.235 e. The van der Waals surface area contributed by atoms with E-state index in [0.29, 0.717) is 13.0 Å². The number of alkyl halides is 1. The summed E-state index contributed by atoms with van der Waals surface area (Å²) in [7, 11) is 0. The van der Waals surface area contributed by atoms with Crippen LogP contribution in [-0.4, -0.2) is 12.8 Å². The van der Waals surface area contributed by atoms with E-state index in [0.717, 1.165) is 17.5 Å². The predicted octanol–water partition coefficient (Wildman–Crippen LogP) is 2.42. The summed E-state index contributed by atoms with van der Waals surface area (Å²) in [6.07, 6.45) is 2.81. The van der Waals surface area contributed by atoms with E-state index in [2.05, 4.69) is 4.99 Å². The Kier molecular flexibility index (Phi) is 4.59. The first-order chi connectivity index (χ1) is 6.86. The smallest absolute Gasteiger partial charge is 0.235 e. The van der Waals surface area contributed by atoms with Crippen LogP contribution in [0, 0.1) is 0 Å². The highest BCUT2D eigenvalue weighted by Gasteiger charge is 1.94. The molecule has 0 aromatic heterocycles. The highest BCUT2D eigenvalue weighted by molar-refractivity contribution is 5.34. The van der Waals surface area contributed by atoms with Crippen LogP contribution < -0.4 is 0 Å². The molecule has 0 bridgehead atoms. The van der Waals surface area contributed by atoms with Crippen molar-refractivity contribution in [2.24, 2.45) is 4.99 Å². The van der Waals surface area contributed by atoms with E-state index in [4.69, 9.17) is 0 Å². The van der Waals surface area contributed by atoms with Gasteiger partial charge < -0.3 is 0 Å². The second-order valence-corrected chi connectivity index (χ2v) is 3.02. The van der Waals surface area contributed by atoms with Gasteiger partial charge in [-0.2, -0.15) is 0 Å². The van der Waals surface area contributed by atoms with Gasteiger partial charge in [0.15, 0.2) is 0 Å². The number of rotatable bonds is 5. The molecule has 0 unspecified atom stereocenters. The fourth-order valence-electron chi connectivity index (χ4n) is 1.21. The molecule has 0 aliphatic heterocycles. The number of carbonyl (C=O) groups excluding carboxylic acids is 1. The minimum Gasteiger partial charge on any atom is -0.251 e. The standard InChI is InChI=1S/C11H12FNO/c12-7-1-2-10-3-5-11(6-4-10)8-13-9-14/h3-6H,1-2,7-8H2. The summed E-state index contributed by atoms with van der Waals surface area (Å²) >= 11 is 0. The van der Waals surface area contributed by atoms with Crippen LogP contribution in [0.4, 0.5) is 4.39 Å². The van der Waals surface area contributed by atoms with Gasteiger partial charge in [-0.05, 0) is 24.0 Å². The Balaban J connectivity index is 2.54. The summed E-state index contributed by atoms with van der Waals surface area (Å²) in [4.78, 5) is 13.3. The van der Waals surface area contributed by atoms with E-state index in [1.54, 1.807) is 0 Å². The van der Waals surface area contributed by atoms with Gasteiger partial charge in [-0.3, -0.25) is 4.39 Å². The van der Waals surface area contributed by atoms with Crippen molar-refractivity contribution in [3.63, 3.8) is 0 Å².